The first-order valence-electron chi connectivity index (χ1n) is 3.91. The van der Waals surface area contributed by atoms with Crippen molar-refractivity contribution in [3.05, 3.63) is 29.1 Å². The molecule has 1 rings (SSSR count). The maximum atomic E-state index is 13.0. The quantitative estimate of drug-likeness (QED) is 0.452. The summed E-state index contributed by atoms with van der Waals surface area (Å²) in [7, 11) is 0. The molecular weight excluding hydrogens is 238 g/mol. The van der Waals surface area contributed by atoms with Gasteiger partial charge in [0.25, 0.3) is 0 Å². The molecule has 0 saturated heterocycles. The number of hydrogen-bond acceptors (Lipinski definition) is 2. The third-order valence-corrected chi connectivity index (χ3v) is 1.91. The van der Waals surface area contributed by atoms with Gasteiger partial charge >= 0.3 is 6.18 Å². The smallest absolute Gasteiger partial charge is 0.396 e. The highest BCUT2D eigenvalue weighted by molar-refractivity contribution is 5.51. The highest BCUT2D eigenvalue weighted by atomic mass is 19.4. The molecule has 0 radical (unpaired) electrons. The second kappa shape index (κ2) is 3.85. The van der Waals surface area contributed by atoms with Crippen LogP contribution in [-0.4, -0.2) is 6.18 Å². The number of anilines is 1. The van der Waals surface area contributed by atoms with Gasteiger partial charge in [-0.1, -0.05) is 0 Å². The third kappa shape index (κ3) is 2.06. The zero-order valence-corrected chi connectivity index (χ0v) is 7.58. The van der Waals surface area contributed by atoms with Gasteiger partial charge in [0.2, 0.25) is 0 Å². The van der Waals surface area contributed by atoms with Crippen molar-refractivity contribution in [1.29, 1.82) is 0 Å². The predicted molar refractivity (Wildman–Crippen MR) is 43.7 cm³/mol. The fourth-order valence-corrected chi connectivity index (χ4v) is 1.10. The van der Waals surface area contributed by atoms with E-state index >= 15 is 0 Å². The van der Waals surface area contributed by atoms with Gasteiger partial charge in [-0.2, -0.15) is 13.2 Å². The molecule has 0 bridgehead atoms. The summed E-state index contributed by atoms with van der Waals surface area (Å²) in [5, 5.41) is 0. The summed E-state index contributed by atoms with van der Waals surface area (Å²) in [6.45, 7) is 0. The number of halogens is 6. The molecule has 0 fully saturated rings. The van der Waals surface area contributed by atoms with E-state index in [2.05, 4.69) is 5.73 Å². The van der Waals surface area contributed by atoms with Gasteiger partial charge in [-0.3, -0.25) is 0 Å². The lowest BCUT2D eigenvalue weighted by Gasteiger charge is -2.18. The van der Waals surface area contributed by atoms with E-state index in [1.807, 2.05) is 0 Å². The monoisotopic (exact) mass is 244 g/mol. The minimum Gasteiger partial charge on any atom is -0.396 e. The summed E-state index contributed by atoms with van der Waals surface area (Å²) in [6, 6.07) is -2.82. The molecule has 4 N–H and O–H groups in total. The van der Waals surface area contributed by atoms with Gasteiger partial charge in [0, 0.05) is 11.6 Å². The van der Waals surface area contributed by atoms with Gasteiger partial charge < -0.3 is 11.5 Å². The van der Waals surface area contributed by atoms with E-state index in [1.165, 1.54) is 0 Å². The molecule has 0 unspecified atom stereocenters. The molecule has 90 valence electrons. The van der Waals surface area contributed by atoms with Crippen LogP contribution in [0.3, 0.4) is 0 Å². The van der Waals surface area contributed by atoms with Crippen molar-refractivity contribution < 1.29 is 26.3 Å². The van der Waals surface area contributed by atoms with E-state index in [-0.39, 0.29) is 6.07 Å². The Bertz CT molecular complexity index is 388. The largest absolute Gasteiger partial charge is 0.407 e. The van der Waals surface area contributed by atoms with Crippen LogP contribution in [0.2, 0.25) is 0 Å². The number of nitrogen functional groups attached to an aromatic ring is 1. The molecule has 16 heavy (non-hydrogen) atoms. The van der Waals surface area contributed by atoms with Crippen LogP contribution in [0.25, 0.3) is 0 Å². The van der Waals surface area contributed by atoms with Crippen LogP contribution < -0.4 is 11.5 Å². The van der Waals surface area contributed by atoms with Crippen LogP contribution in [0.4, 0.5) is 32.0 Å². The molecule has 2 nitrogen and oxygen atoms in total. The zero-order valence-electron chi connectivity index (χ0n) is 7.58. The van der Waals surface area contributed by atoms with E-state index in [0.29, 0.717) is 0 Å². The van der Waals surface area contributed by atoms with Crippen LogP contribution in [0.15, 0.2) is 6.07 Å². The Balaban J connectivity index is 3.44. The lowest BCUT2D eigenvalue weighted by Crippen LogP contribution is -2.30. The average molecular weight is 244 g/mol. The summed E-state index contributed by atoms with van der Waals surface area (Å²) >= 11 is 0. The number of alkyl halides is 3. The molecule has 0 aromatic heterocycles. The fourth-order valence-electron chi connectivity index (χ4n) is 1.10. The van der Waals surface area contributed by atoms with Crippen molar-refractivity contribution in [3.8, 4) is 0 Å². The van der Waals surface area contributed by atoms with Crippen LogP contribution in [0.5, 0.6) is 0 Å². The molecule has 8 heteroatoms. The van der Waals surface area contributed by atoms with Crippen LogP contribution in [-0.2, 0) is 0 Å². The molecule has 0 heterocycles. The lowest BCUT2D eigenvalue weighted by molar-refractivity contribution is -0.149. The predicted octanol–water partition coefficient (Wildman–Crippen LogP) is 2.25. The van der Waals surface area contributed by atoms with E-state index in [0.717, 1.165) is 0 Å². The summed E-state index contributed by atoms with van der Waals surface area (Å²) in [4.78, 5) is 0. The Hall–Kier alpha value is -1.44. The molecule has 1 atom stereocenters. The van der Waals surface area contributed by atoms with Gasteiger partial charge in [0.05, 0.1) is 5.69 Å². The molecule has 0 aliphatic carbocycles. The van der Waals surface area contributed by atoms with Crippen molar-refractivity contribution in [2.24, 2.45) is 5.73 Å². The lowest BCUT2D eigenvalue weighted by atomic mass is 10.0. The molecule has 0 aliphatic rings. The van der Waals surface area contributed by atoms with Crippen molar-refractivity contribution in [1.82, 2.24) is 0 Å². The normalized spacial score (nSPS) is 13.9. The molecule has 0 spiro atoms. The summed E-state index contributed by atoms with van der Waals surface area (Å²) in [5.74, 6) is -5.17. The summed E-state index contributed by atoms with van der Waals surface area (Å²) < 4.78 is 75.0. The molecule has 0 amide bonds. The van der Waals surface area contributed by atoms with E-state index in [9.17, 15) is 26.3 Å². The molecule has 1 aromatic carbocycles. The van der Waals surface area contributed by atoms with Gasteiger partial charge in [0.15, 0.2) is 11.6 Å². The standard InChI is InChI=1S/C8H6F6N2/c9-2-1-3(10)6(15)4(5(2)11)7(16)8(12,13)14/h1,7H,15-16H2/t7-/m1/s1. The number of benzene rings is 1. The number of nitrogens with two attached hydrogens (primary N) is 2. The maximum absolute atomic E-state index is 13.0. The maximum Gasteiger partial charge on any atom is 0.407 e. The number of hydrogen-bond donors (Lipinski definition) is 2. The number of rotatable bonds is 1. The van der Waals surface area contributed by atoms with Crippen molar-refractivity contribution in [3.63, 3.8) is 0 Å². The second-order valence-corrected chi connectivity index (χ2v) is 3.00. The molecule has 1 aromatic rings. The van der Waals surface area contributed by atoms with Gasteiger partial charge in [0.1, 0.15) is 11.9 Å². The second-order valence-electron chi connectivity index (χ2n) is 3.00. The minimum atomic E-state index is -5.05. The van der Waals surface area contributed by atoms with Crippen molar-refractivity contribution in [2.75, 3.05) is 5.73 Å². The topological polar surface area (TPSA) is 52.0 Å². The SMILES string of the molecule is Nc1c(F)cc(F)c(F)c1[C@@H](N)C(F)(F)F. The first-order valence-corrected chi connectivity index (χ1v) is 3.91. The minimum absolute atomic E-state index is 0.0528. The molecular formula is C8H6F6N2. The summed E-state index contributed by atoms with van der Waals surface area (Å²) in [6.07, 6.45) is -5.05. The van der Waals surface area contributed by atoms with Crippen LogP contribution in [0, 0.1) is 17.5 Å². The third-order valence-electron chi connectivity index (χ3n) is 1.91. The first kappa shape index (κ1) is 12.6. The first-order chi connectivity index (χ1) is 7.16. The summed E-state index contributed by atoms with van der Waals surface area (Å²) in [5.41, 5.74) is 6.95. The van der Waals surface area contributed by atoms with E-state index in [4.69, 9.17) is 5.73 Å². The Morgan fingerprint density at radius 1 is 1.06 bits per heavy atom. The van der Waals surface area contributed by atoms with Gasteiger partial charge in [-0.05, 0) is 0 Å². The zero-order chi connectivity index (χ0) is 12.7. The van der Waals surface area contributed by atoms with Crippen LogP contribution >= 0.6 is 0 Å². The Morgan fingerprint density at radius 3 is 2.00 bits per heavy atom. The highest BCUT2D eigenvalue weighted by Gasteiger charge is 2.41. The van der Waals surface area contributed by atoms with Crippen LogP contribution in [0.1, 0.15) is 11.6 Å². The molecule has 0 aliphatic heterocycles. The Morgan fingerprint density at radius 2 is 1.56 bits per heavy atom. The highest BCUT2D eigenvalue weighted by Crippen LogP contribution is 2.36. The average Bonchev–Trinajstić information content (AvgIpc) is 2.13. The van der Waals surface area contributed by atoms with E-state index < -0.39 is 40.9 Å². The van der Waals surface area contributed by atoms with Crippen molar-refractivity contribution in [2.45, 2.75) is 12.2 Å². The van der Waals surface area contributed by atoms with E-state index in [1.54, 1.807) is 0 Å². The molecule has 0 saturated carbocycles. The fraction of sp³-hybridized carbons (Fsp3) is 0.250. The van der Waals surface area contributed by atoms with Crippen molar-refractivity contribution >= 4 is 5.69 Å². The van der Waals surface area contributed by atoms with Gasteiger partial charge in [-0.25, -0.2) is 13.2 Å². The Labute approximate surface area is 85.8 Å². The Kier molecular flexibility index (Phi) is 3.04. The van der Waals surface area contributed by atoms with Gasteiger partial charge in [-0.15, -0.1) is 0 Å².